The molecule has 0 spiro atoms. The Morgan fingerprint density at radius 2 is 1.95 bits per heavy atom. The average molecular weight is 302 g/mol. The van der Waals surface area contributed by atoms with Crippen molar-refractivity contribution >= 4 is 29.2 Å². The molecule has 1 aromatic rings. The lowest BCUT2D eigenvalue weighted by Gasteiger charge is -2.28. The molecule has 21 heavy (non-hydrogen) atoms. The summed E-state index contributed by atoms with van der Waals surface area (Å²) in [4.78, 5) is 2.44. The van der Waals surface area contributed by atoms with E-state index in [0.29, 0.717) is 11.7 Å². The highest BCUT2D eigenvalue weighted by Crippen LogP contribution is 2.19. The number of hydrogen-bond acceptors (Lipinski definition) is 3. The fourth-order valence-corrected chi connectivity index (χ4v) is 2.43. The molecule has 2 rings (SSSR count). The smallest absolute Gasteiger partial charge is 0.187 e. The van der Waals surface area contributed by atoms with Crippen molar-refractivity contribution in [2.24, 2.45) is 5.10 Å². The van der Waals surface area contributed by atoms with Gasteiger partial charge in [-0.05, 0) is 49.2 Å². The molecular formula is C16H22N4S. The van der Waals surface area contributed by atoms with Gasteiger partial charge in [-0.2, -0.15) is 5.10 Å². The quantitative estimate of drug-likeness (QED) is 0.380. The highest BCUT2D eigenvalue weighted by molar-refractivity contribution is 7.80. The van der Waals surface area contributed by atoms with E-state index < -0.39 is 0 Å². The fourth-order valence-electron chi connectivity index (χ4n) is 2.29. The minimum absolute atomic E-state index is 0.496. The van der Waals surface area contributed by atoms with Crippen LogP contribution in [0.25, 0.3) is 0 Å². The van der Waals surface area contributed by atoms with Crippen LogP contribution in [0.2, 0.25) is 0 Å². The number of anilines is 1. The number of hydrazone groups is 1. The van der Waals surface area contributed by atoms with E-state index in [1.165, 1.54) is 24.9 Å². The van der Waals surface area contributed by atoms with Crippen LogP contribution in [0.5, 0.6) is 0 Å². The Bertz CT molecular complexity index is 490. The van der Waals surface area contributed by atoms with Crippen molar-refractivity contribution in [3.05, 3.63) is 42.5 Å². The van der Waals surface area contributed by atoms with E-state index in [9.17, 15) is 0 Å². The van der Waals surface area contributed by atoms with Crippen molar-refractivity contribution in [3.8, 4) is 0 Å². The Kier molecular flexibility index (Phi) is 6.22. The largest absolute Gasteiger partial charge is 0.372 e. The standard InChI is InChI=1S/C16H22N4S/c1-2-10-17-16(21)19-18-13-14-6-8-15(9-7-14)20-11-4-3-5-12-20/h2,6-9,13H,1,3-5,10-12H2,(H2,17,19,21)/b18-13+. The Morgan fingerprint density at radius 1 is 1.24 bits per heavy atom. The van der Waals surface area contributed by atoms with Gasteiger partial charge in [-0.3, -0.25) is 5.43 Å². The molecule has 0 unspecified atom stereocenters. The first-order valence-electron chi connectivity index (χ1n) is 7.32. The molecule has 1 saturated heterocycles. The molecule has 4 nitrogen and oxygen atoms in total. The van der Waals surface area contributed by atoms with Crippen LogP contribution < -0.4 is 15.6 Å². The number of benzene rings is 1. The summed E-state index contributed by atoms with van der Waals surface area (Å²) >= 11 is 5.05. The Labute approximate surface area is 131 Å². The summed E-state index contributed by atoms with van der Waals surface area (Å²) in [6, 6.07) is 8.46. The number of piperidine rings is 1. The molecule has 112 valence electrons. The monoisotopic (exact) mass is 302 g/mol. The summed E-state index contributed by atoms with van der Waals surface area (Å²) < 4.78 is 0. The molecule has 1 fully saturated rings. The SMILES string of the molecule is C=CCNC(=S)N/N=C/c1ccc(N2CCCCC2)cc1. The van der Waals surface area contributed by atoms with Gasteiger partial charge in [0.2, 0.25) is 0 Å². The van der Waals surface area contributed by atoms with E-state index in [-0.39, 0.29) is 0 Å². The third kappa shape index (κ3) is 5.19. The van der Waals surface area contributed by atoms with E-state index in [2.05, 4.69) is 51.6 Å². The molecular weight excluding hydrogens is 280 g/mol. The van der Waals surface area contributed by atoms with Crippen molar-refractivity contribution in [3.63, 3.8) is 0 Å². The topological polar surface area (TPSA) is 39.7 Å². The minimum Gasteiger partial charge on any atom is -0.372 e. The molecule has 0 radical (unpaired) electrons. The number of rotatable bonds is 5. The first-order valence-corrected chi connectivity index (χ1v) is 7.73. The fraction of sp³-hybridized carbons (Fsp3) is 0.375. The Balaban J connectivity index is 1.84. The third-order valence-corrected chi connectivity index (χ3v) is 3.64. The predicted molar refractivity (Wildman–Crippen MR) is 94.0 cm³/mol. The summed E-state index contributed by atoms with van der Waals surface area (Å²) in [5, 5.41) is 7.56. The van der Waals surface area contributed by atoms with Gasteiger partial charge >= 0.3 is 0 Å². The van der Waals surface area contributed by atoms with Crippen molar-refractivity contribution in [1.82, 2.24) is 10.7 Å². The summed E-state index contributed by atoms with van der Waals surface area (Å²) in [6.45, 7) is 6.58. The second kappa shape index (κ2) is 8.42. The Hall–Kier alpha value is -1.88. The van der Waals surface area contributed by atoms with Crippen LogP contribution in [0.4, 0.5) is 5.69 Å². The molecule has 0 aromatic heterocycles. The van der Waals surface area contributed by atoms with E-state index in [4.69, 9.17) is 12.2 Å². The zero-order chi connectivity index (χ0) is 14.9. The molecule has 0 bridgehead atoms. The number of nitrogens with one attached hydrogen (secondary N) is 2. The van der Waals surface area contributed by atoms with E-state index in [0.717, 1.165) is 18.7 Å². The van der Waals surface area contributed by atoms with Crippen molar-refractivity contribution in [1.29, 1.82) is 0 Å². The molecule has 0 aliphatic carbocycles. The lowest BCUT2D eigenvalue weighted by Crippen LogP contribution is -2.31. The number of thiocarbonyl (C=S) groups is 1. The van der Waals surface area contributed by atoms with Gasteiger partial charge in [-0.1, -0.05) is 18.2 Å². The highest BCUT2D eigenvalue weighted by Gasteiger charge is 2.09. The Morgan fingerprint density at radius 3 is 2.62 bits per heavy atom. The first-order chi connectivity index (χ1) is 10.3. The van der Waals surface area contributed by atoms with Crippen LogP contribution in [0.3, 0.4) is 0 Å². The van der Waals surface area contributed by atoms with Gasteiger partial charge in [-0.15, -0.1) is 6.58 Å². The second-order valence-electron chi connectivity index (χ2n) is 5.01. The molecule has 1 aliphatic rings. The number of hydrogen-bond donors (Lipinski definition) is 2. The van der Waals surface area contributed by atoms with Crippen LogP contribution in [-0.2, 0) is 0 Å². The van der Waals surface area contributed by atoms with Crippen LogP contribution in [0.1, 0.15) is 24.8 Å². The van der Waals surface area contributed by atoms with Gasteiger partial charge in [0.15, 0.2) is 5.11 Å². The zero-order valence-corrected chi connectivity index (χ0v) is 13.0. The van der Waals surface area contributed by atoms with Gasteiger partial charge in [0.25, 0.3) is 0 Å². The lowest BCUT2D eigenvalue weighted by atomic mass is 10.1. The molecule has 0 atom stereocenters. The normalized spacial score (nSPS) is 15.0. The van der Waals surface area contributed by atoms with Crippen molar-refractivity contribution in [2.45, 2.75) is 19.3 Å². The summed E-state index contributed by atoms with van der Waals surface area (Å²) in [6.07, 6.45) is 7.45. The second-order valence-corrected chi connectivity index (χ2v) is 5.42. The lowest BCUT2D eigenvalue weighted by molar-refractivity contribution is 0.578. The van der Waals surface area contributed by atoms with E-state index >= 15 is 0 Å². The van der Waals surface area contributed by atoms with Gasteiger partial charge in [-0.25, -0.2) is 0 Å². The van der Waals surface area contributed by atoms with Gasteiger partial charge in [0, 0.05) is 25.3 Å². The molecule has 1 heterocycles. The minimum atomic E-state index is 0.496. The third-order valence-electron chi connectivity index (χ3n) is 3.40. The van der Waals surface area contributed by atoms with E-state index in [1.807, 2.05) is 0 Å². The maximum Gasteiger partial charge on any atom is 0.187 e. The van der Waals surface area contributed by atoms with E-state index in [1.54, 1.807) is 12.3 Å². The maximum atomic E-state index is 5.05. The summed E-state index contributed by atoms with van der Waals surface area (Å²) in [7, 11) is 0. The molecule has 2 N–H and O–H groups in total. The first kappa shape index (κ1) is 15.5. The summed E-state index contributed by atoms with van der Waals surface area (Å²) in [5.41, 5.74) is 5.12. The molecule has 1 aliphatic heterocycles. The molecule has 0 amide bonds. The van der Waals surface area contributed by atoms with Crippen LogP contribution in [0.15, 0.2) is 42.0 Å². The maximum absolute atomic E-state index is 5.05. The highest BCUT2D eigenvalue weighted by atomic mass is 32.1. The van der Waals surface area contributed by atoms with Gasteiger partial charge in [0.05, 0.1) is 6.21 Å². The molecule has 0 saturated carbocycles. The van der Waals surface area contributed by atoms with Crippen molar-refractivity contribution < 1.29 is 0 Å². The van der Waals surface area contributed by atoms with Crippen molar-refractivity contribution in [2.75, 3.05) is 24.5 Å². The predicted octanol–water partition coefficient (Wildman–Crippen LogP) is 2.66. The zero-order valence-electron chi connectivity index (χ0n) is 12.2. The van der Waals surface area contributed by atoms with Crippen LogP contribution >= 0.6 is 12.2 Å². The number of nitrogens with zero attached hydrogens (tertiary/aromatic N) is 2. The van der Waals surface area contributed by atoms with Crippen LogP contribution in [0, 0.1) is 0 Å². The summed E-state index contributed by atoms with van der Waals surface area (Å²) in [5.74, 6) is 0. The van der Waals surface area contributed by atoms with Crippen LogP contribution in [-0.4, -0.2) is 31.0 Å². The average Bonchev–Trinajstić information content (AvgIpc) is 2.54. The molecule has 1 aromatic carbocycles. The van der Waals surface area contributed by atoms with Gasteiger partial charge in [0.1, 0.15) is 0 Å². The van der Waals surface area contributed by atoms with Gasteiger partial charge < -0.3 is 10.2 Å². The molecule has 5 heteroatoms.